The minimum atomic E-state index is -0.873. The molecule has 4 atom stereocenters. The van der Waals surface area contributed by atoms with E-state index >= 15 is 0 Å². The van der Waals surface area contributed by atoms with Crippen molar-refractivity contribution in [3.63, 3.8) is 0 Å². The summed E-state index contributed by atoms with van der Waals surface area (Å²) < 4.78 is 4.83. The number of hydrogen-bond donors (Lipinski definition) is 3. The molecule has 3 N–H and O–H groups in total. The Balaban J connectivity index is 0.929. The maximum atomic E-state index is 13.9. The van der Waals surface area contributed by atoms with Crippen LogP contribution in [-0.2, 0) is 14.3 Å². The highest BCUT2D eigenvalue weighted by Gasteiger charge is 2.39. The molecule has 3 aromatic heterocycles. The van der Waals surface area contributed by atoms with E-state index in [4.69, 9.17) is 14.7 Å². The summed E-state index contributed by atoms with van der Waals surface area (Å²) in [6.45, 7) is 1.24. The number of pyridine rings is 1. The van der Waals surface area contributed by atoms with Crippen molar-refractivity contribution < 1.29 is 19.1 Å². The van der Waals surface area contributed by atoms with Gasteiger partial charge in [-0.2, -0.15) is 0 Å². The number of benzene rings is 3. The van der Waals surface area contributed by atoms with Crippen molar-refractivity contribution in [1.82, 2.24) is 44.9 Å². The highest BCUT2D eigenvalue weighted by atomic mass is 16.5. The van der Waals surface area contributed by atoms with Crippen LogP contribution in [0.4, 0.5) is 4.79 Å². The summed E-state index contributed by atoms with van der Waals surface area (Å²) in [6.07, 6.45) is 8.07. The summed E-state index contributed by atoms with van der Waals surface area (Å²) in [5, 5.41) is 2.72. The van der Waals surface area contributed by atoms with E-state index in [9.17, 15) is 14.4 Å². The number of alkyl carbamates (subject to hydrolysis) is 1. The number of likely N-dealkylation sites (tertiary alicyclic amines) is 2. The van der Waals surface area contributed by atoms with E-state index in [0.29, 0.717) is 24.5 Å². The molecule has 13 nitrogen and oxygen atoms in total. The van der Waals surface area contributed by atoms with E-state index in [-0.39, 0.29) is 23.9 Å². The minimum Gasteiger partial charge on any atom is -0.453 e. The van der Waals surface area contributed by atoms with Crippen LogP contribution in [0.2, 0.25) is 0 Å². The van der Waals surface area contributed by atoms with Crippen LogP contribution < -0.4 is 5.32 Å². The highest BCUT2D eigenvalue weighted by molar-refractivity contribution is 5.87. The second kappa shape index (κ2) is 16.9. The van der Waals surface area contributed by atoms with Gasteiger partial charge in [0.25, 0.3) is 5.91 Å². The van der Waals surface area contributed by atoms with Crippen LogP contribution in [0.5, 0.6) is 0 Å². The van der Waals surface area contributed by atoms with Crippen LogP contribution in [0.3, 0.4) is 0 Å². The maximum absolute atomic E-state index is 13.9. The molecular weight excluding hydrogens is 731 g/mol. The van der Waals surface area contributed by atoms with Crippen LogP contribution in [0.25, 0.3) is 33.6 Å². The second-order valence-corrected chi connectivity index (χ2v) is 15.0. The average Bonchev–Trinajstić information content (AvgIpc) is 4.11. The van der Waals surface area contributed by atoms with Crippen LogP contribution >= 0.6 is 0 Å². The monoisotopic (exact) mass is 777 g/mol. The van der Waals surface area contributed by atoms with Crippen molar-refractivity contribution in [2.24, 2.45) is 0 Å². The number of carbonyl (C=O) groups excluding carboxylic acids is 3. The summed E-state index contributed by atoms with van der Waals surface area (Å²) in [7, 11) is 5.11. The van der Waals surface area contributed by atoms with Gasteiger partial charge in [-0.3, -0.25) is 19.5 Å². The lowest BCUT2D eigenvalue weighted by Crippen LogP contribution is -2.42. The Bertz CT molecular complexity index is 2340. The van der Waals surface area contributed by atoms with Crippen molar-refractivity contribution in [2.45, 2.75) is 49.9 Å². The number of nitrogens with one attached hydrogen (secondary N) is 3. The molecule has 8 rings (SSSR count). The topological polar surface area (TPSA) is 152 Å². The Labute approximate surface area is 337 Å². The summed E-state index contributed by atoms with van der Waals surface area (Å²) in [5.41, 5.74) is 7.31. The molecule has 2 aliphatic heterocycles. The molecule has 0 saturated carbocycles. The lowest BCUT2D eigenvalue weighted by atomic mass is 10.0. The van der Waals surface area contributed by atoms with E-state index in [1.54, 1.807) is 11.1 Å². The third-order valence-electron chi connectivity index (χ3n) is 11.2. The van der Waals surface area contributed by atoms with Crippen molar-refractivity contribution in [3.05, 3.63) is 139 Å². The van der Waals surface area contributed by atoms with E-state index in [2.05, 4.69) is 68.8 Å². The van der Waals surface area contributed by atoms with Crippen LogP contribution in [-0.4, -0.2) is 91.8 Å². The molecule has 3 amide bonds. The molecule has 6 aromatic rings. The number of rotatable bonds is 11. The number of imidazole rings is 2. The van der Waals surface area contributed by atoms with Crippen molar-refractivity contribution >= 4 is 17.9 Å². The van der Waals surface area contributed by atoms with Gasteiger partial charge >= 0.3 is 6.09 Å². The third-order valence-corrected chi connectivity index (χ3v) is 11.2. The molecule has 3 aromatic carbocycles. The molecule has 58 heavy (non-hydrogen) atoms. The summed E-state index contributed by atoms with van der Waals surface area (Å²) in [4.78, 5) is 66.6. The third kappa shape index (κ3) is 7.85. The predicted molar refractivity (Wildman–Crippen MR) is 220 cm³/mol. The fourth-order valence-corrected chi connectivity index (χ4v) is 8.20. The first-order valence-electron chi connectivity index (χ1n) is 19.7. The Morgan fingerprint density at radius 1 is 0.690 bits per heavy atom. The summed E-state index contributed by atoms with van der Waals surface area (Å²) in [6, 6.07) is 29.8. The normalized spacial score (nSPS) is 17.7. The quantitative estimate of drug-likeness (QED) is 0.124. The number of amides is 3. The van der Waals surface area contributed by atoms with Gasteiger partial charge in [-0.05, 0) is 79.7 Å². The van der Waals surface area contributed by atoms with Crippen molar-refractivity contribution in [3.8, 4) is 33.6 Å². The molecule has 2 saturated heterocycles. The van der Waals surface area contributed by atoms with Crippen molar-refractivity contribution in [2.75, 3.05) is 34.3 Å². The lowest BCUT2D eigenvalue weighted by molar-refractivity contribution is -0.137. The SMILES string of the molecule is COC(=O)N[C@@H](C(=O)N1CCC[C@H]1c1ncc(-c2ccc(-c3ccc(-c4cnc([C@@H]5CCCN5C(=O)C(c5ccccn5)N(C)C)[nH]4)cc3)cc2)[nH]1)c1ccccc1. The number of carbonyl (C=O) groups is 3. The van der Waals surface area contributed by atoms with Gasteiger partial charge < -0.3 is 29.8 Å². The maximum Gasteiger partial charge on any atom is 0.407 e. The molecule has 5 heterocycles. The molecule has 0 aliphatic carbocycles. The van der Waals surface area contributed by atoms with Gasteiger partial charge in [0, 0.05) is 19.3 Å². The van der Waals surface area contributed by atoms with Gasteiger partial charge in [0.05, 0.1) is 48.7 Å². The summed E-state index contributed by atoms with van der Waals surface area (Å²) >= 11 is 0. The molecule has 0 bridgehead atoms. The van der Waals surface area contributed by atoms with Gasteiger partial charge in [0.15, 0.2) is 0 Å². The molecule has 2 fully saturated rings. The van der Waals surface area contributed by atoms with Gasteiger partial charge in [-0.15, -0.1) is 0 Å². The number of ether oxygens (including phenoxy) is 1. The molecule has 0 spiro atoms. The Kier molecular flexibility index (Phi) is 11.1. The zero-order valence-electron chi connectivity index (χ0n) is 32.8. The minimum absolute atomic E-state index is 0.0310. The Morgan fingerprint density at radius 2 is 1.21 bits per heavy atom. The zero-order chi connectivity index (χ0) is 40.2. The van der Waals surface area contributed by atoms with Crippen LogP contribution in [0, 0.1) is 0 Å². The first kappa shape index (κ1) is 38.3. The number of methoxy groups -OCH3 is 1. The molecule has 13 heteroatoms. The van der Waals surface area contributed by atoms with Gasteiger partial charge in [0.2, 0.25) is 5.91 Å². The van der Waals surface area contributed by atoms with Crippen LogP contribution in [0.1, 0.15) is 72.8 Å². The first-order chi connectivity index (χ1) is 28.3. The van der Waals surface area contributed by atoms with E-state index in [1.165, 1.54) is 7.11 Å². The Hall–Kier alpha value is -6.60. The van der Waals surface area contributed by atoms with E-state index in [0.717, 1.165) is 70.8 Å². The van der Waals surface area contributed by atoms with Crippen molar-refractivity contribution in [1.29, 1.82) is 0 Å². The Morgan fingerprint density at radius 3 is 1.71 bits per heavy atom. The fraction of sp³-hybridized carbons (Fsp3) is 0.289. The molecule has 0 radical (unpaired) electrons. The van der Waals surface area contributed by atoms with E-state index in [1.807, 2.05) is 84.8 Å². The molecule has 296 valence electrons. The number of likely N-dealkylation sites (N-methyl/N-ethyl adjacent to an activating group) is 1. The summed E-state index contributed by atoms with van der Waals surface area (Å²) in [5.74, 6) is 1.33. The van der Waals surface area contributed by atoms with Gasteiger partial charge in [-0.1, -0.05) is 84.9 Å². The number of H-pyrrole nitrogens is 2. The van der Waals surface area contributed by atoms with Crippen LogP contribution in [0.15, 0.2) is 116 Å². The predicted octanol–water partition coefficient (Wildman–Crippen LogP) is 7.26. The fourth-order valence-electron chi connectivity index (χ4n) is 8.20. The lowest BCUT2D eigenvalue weighted by Gasteiger charge is -2.30. The number of aromatic nitrogens is 5. The van der Waals surface area contributed by atoms with Gasteiger partial charge in [0.1, 0.15) is 23.7 Å². The molecular formula is C45H47N9O4. The highest BCUT2D eigenvalue weighted by Crippen LogP contribution is 2.36. The number of nitrogens with zero attached hydrogens (tertiary/aromatic N) is 6. The van der Waals surface area contributed by atoms with Gasteiger partial charge in [-0.25, -0.2) is 14.8 Å². The van der Waals surface area contributed by atoms with E-state index < -0.39 is 18.2 Å². The largest absolute Gasteiger partial charge is 0.453 e. The second-order valence-electron chi connectivity index (χ2n) is 15.0. The zero-order valence-corrected chi connectivity index (χ0v) is 32.8. The molecule has 1 unspecified atom stereocenters. The molecule has 2 aliphatic rings. The number of aromatic amines is 2. The number of hydrogen-bond acceptors (Lipinski definition) is 8. The first-order valence-corrected chi connectivity index (χ1v) is 19.7. The smallest absolute Gasteiger partial charge is 0.407 e. The standard InChI is InChI=1S/C45H47N9O4/c1-52(2)40(34-13-7-8-24-46-34)44(56)54-26-10-15-38(54)42-48-28-36(50-42)32-22-18-30(19-23-32)29-16-20-31(21-17-29)35-27-47-41(49-35)37-14-9-25-53(37)43(55)39(51-45(57)58-3)33-11-5-4-6-12-33/h4-8,11-13,16-24,27-28,37-40H,9-10,14-15,25-26H2,1-3H3,(H,47,49)(H,48,50)(H,51,57)/t37-,38-,39+,40?/m0/s1. The average molecular weight is 778 g/mol.